The van der Waals surface area contributed by atoms with Crippen LogP contribution >= 0.6 is 0 Å². The Morgan fingerprint density at radius 3 is 2.39 bits per heavy atom. The normalized spacial score (nSPS) is 15.2. The summed E-state index contributed by atoms with van der Waals surface area (Å²) in [5.41, 5.74) is 5.38. The Kier molecular flexibility index (Phi) is 5.28. The van der Waals surface area contributed by atoms with Gasteiger partial charge in [0.25, 0.3) is 11.8 Å². The van der Waals surface area contributed by atoms with Gasteiger partial charge in [-0.1, -0.05) is 30.3 Å². The maximum absolute atomic E-state index is 12.9. The largest absolute Gasteiger partial charge is 0.347 e. The zero-order chi connectivity index (χ0) is 21.2. The fourth-order valence-corrected chi connectivity index (χ4v) is 4.54. The lowest BCUT2D eigenvalue weighted by molar-refractivity contribution is 0.0792. The Bertz CT molecular complexity index is 1100. The van der Waals surface area contributed by atoms with Crippen LogP contribution in [0.15, 0.2) is 54.6 Å². The molecule has 2 aromatic carbocycles. The van der Waals surface area contributed by atoms with E-state index >= 15 is 0 Å². The van der Waals surface area contributed by atoms with Crippen LogP contribution in [0.3, 0.4) is 0 Å². The van der Waals surface area contributed by atoms with E-state index < -0.39 is 0 Å². The first kappa shape index (κ1) is 19.5. The van der Waals surface area contributed by atoms with Crippen molar-refractivity contribution in [2.45, 2.75) is 38.6 Å². The lowest BCUT2D eigenvalue weighted by Crippen LogP contribution is -2.27. The Hall–Kier alpha value is -3.41. The molecule has 2 amide bonds. The van der Waals surface area contributed by atoms with Gasteiger partial charge in [-0.05, 0) is 61.9 Å². The van der Waals surface area contributed by atoms with E-state index in [0.717, 1.165) is 67.7 Å². The molecule has 0 atom stereocenters. The van der Waals surface area contributed by atoms with E-state index in [4.69, 9.17) is 0 Å². The highest BCUT2D eigenvalue weighted by Gasteiger charge is 2.27. The van der Waals surface area contributed by atoms with Crippen molar-refractivity contribution in [2.24, 2.45) is 0 Å². The van der Waals surface area contributed by atoms with Gasteiger partial charge in [0.05, 0.1) is 5.69 Å². The Balaban J connectivity index is 1.27. The van der Waals surface area contributed by atoms with Crippen LogP contribution in [-0.4, -0.2) is 39.6 Å². The molecule has 1 aromatic heterocycles. The van der Waals surface area contributed by atoms with Crippen LogP contribution in [0.2, 0.25) is 0 Å². The monoisotopic (exact) mass is 414 g/mol. The average Bonchev–Trinajstić information content (AvgIpc) is 3.56. The van der Waals surface area contributed by atoms with E-state index in [1.54, 1.807) is 0 Å². The lowest BCUT2D eigenvalue weighted by Gasteiger charge is -2.15. The third-order valence-electron chi connectivity index (χ3n) is 6.19. The first-order chi connectivity index (χ1) is 15.2. The van der Waals surface area contributed by atoms with Gasteiger partial charge >= 0.3 is 0 Å². The Morgan fingerprint density at radius 2 is 1.65 bits per heavy atom. The summed E-state index contributed by atoms with van der Waals surface area (Å²) in [4.78, 5) is 27.3. The number of hydrogen-bond donors (Lipinski definition) is 1. The van der Waals surface area contributed by atoms with Gasteiger partial charge in [0.1, 0.15) is 0 Å². The fraction of sp³-hybridized carbons (Fsp3) is 0.320. The number of hydrogen-bond acceptors (Lipinski definition) is 3. The van der Waals surface area contributed by atoms with Gasteiger partial charge in [0.15, 0.2) is 5.69 Å². The topological polar surface area (TPSA) is 67.2 Å². The van der Waals surface area contributed by atoms with Gasteiger partial charge in [-0.2, -0.15) is 5.10 Å². The number of carbonyl (C=O) groups excluding carboxylic acids is 2. The third kappa shape index (κ3) is 3.85. The number of fused-ring (bicyclic) bond motifs is 1. The quantitative estimate of drug-likeness (QED) is 0.695. The van der Waals surface area contributed by atoms with Crippen LogP contribution in [0, 0.1) is 0 Å². The summed E-state index contributed by atoms with van der Waals surface area (Å²) in [5.74, 6) is -0.0554. The van der Waals surface area contributed by atoms with Crippen LogP contribution in [0.4, 0.5) is 0 Å². The second kappa shape index (κ2) is 8.38. The number of rotatable bonds is 5. The van der Waals surface area contributed by atoms with Crippen molar-refractivity contribution in [1.29, 1.82) is 0 Å². The molecule has 6 heteroatoms. The first-order valence-corrected chi connectivity index (χ1v) is 11.0. The average molecular weight is 415 g/mol. The van der Waals surface area contributed by atoms with Crippen molar-refractivity contribution in [3.63, 3.8) is 0 Å². The molecular formula is C25H26N4O2. The maximum Gasteiger partial charge on any atom is 0.272 e. The van der Waals surface area contributed by atoms with Crippen molar-refractivity contribution in [3.05, 3.63) is 82.7 Å². The van der Waals surface area contributed by atoms with E-state index in [-0.39, 0.29) is 11.8 Å². The van der Waals surface area contributed by atoms with Gasteiger partial charge < -0.3 is 10.2 Å². The summed E-state index contributed by atoms with van der Waals surface area (Å²) < 4.78 is 1.91. The second-order valence-electron chi connectivity index (χ2n) is 8.25. The highest BCUT2D eigenvalue weighted by molar-refractivity contribution is 5.95. The van der Waals surface area contributed by atoms with Crippen molar-refractivity contribution in [2.75, 3.05) is 13.1 Å². The molecule has 0 bridgehead atoms. The number of nitrogens with one attached hydrogen (secondary N) is 1. The molecule has 0 spiro atoms. The number of aromatic nitrogens is 2. The summed E-state index contributed by atoms with van der Waals surface area (Å²) >= 11 is 0. The molecule has 0 saturated carbocycles. The molecule has 1 aliphatic heterocycles. The molecule has 2 heterocycles. The number of para-hydroxylation sites is 1. The molecule has 1 saturated heterocycles. The summed E-state index contributed by atoms with van der Waals surface area (Å²) in [6, 6.07) is 17.5. The zero-order valence-corrected chi connectivity index (χ0v) is 17.5. The molecule has 2 aliphatic rings. The molecule has 5 rings (SSSR count). The highest BCUT2D eigenvalue weighted by atomic mass is 16.2. The minimum absolute atomic E-state index is 0.0927. The number of benzene rings is 2. The van der Waals surface area contributed by atoms with Crippen molar-refractivity contribution < 1.29 is 9.59 Å². The Morgan fingerprint density at radius 1 is 0.903 bits per heavy atom. The molecule has 158 valence electrons. The Labute approximate surface area is 181 Å². The summed E-state index contributed by atoms with van der Waals surface area (Å²) in [5, 5.41) is 7.65. The second-order valence-corrected chi connectivity index (χ2v) is 8.25. The molecule has 1 aliphatic carbocycles. The van der Waals surface area contributed by atoms with Crippen LogP contribution in [0.5, 0.6) is 0 Å². The molecule has 1 N–H and O–H groups in total. The molecule has 31 heavy (non-hydrogen) atoms. The summed E-state index contributed by atoms with van der Waals surface area (Å²) in [6.07, 6.45) is 5.04. The molecule has 6 nitrogen and oxygen atoms in total. The lowest BCUT2D eigenvalue weighted by atomic mass is 10.1. The van der Waals surface area contributed by atoms with Crippen LogP contribution in [0.1, 0.15) is 56.9 Å². The predicted molar refractivity (Wildman–Crippen MR) is 118 cm³/mol. The van der Waals surface area contributed by atoms with E-state index in [2.05, 4.69) is 10.4 Å². The van der Waals surface area contributed by atoms with Crippen LogP contribution in [-0.2, 0) is 19.4 Å². The highest BCUT2D eigenvalue weighted by Crippen LogP contribution is 2.27. The number of likely N-dealkylation sites (tertiary alicyclic amines) is 1. The van der Waals surface area contributed by atoms with Crippen molar-refractivity contribution in [3.8, 4) is 5.69 Å². The van der Waals surface area contributed by atoms with E-state index in [1.807, 2.05) is 64.2 Å². The standard InChI is InChI=1S/C25H26N4O2/c30-24(23-21-9-6-10-22(21)29(27-23)20-7-2-1-3-8-20)26-17-18-11-13-19(14-12-18)25(31)28-15-4-5-16-28/h1-3,7-8,11-14H,4-6,9-10,15-17H2,(H,26,30). The SMILES string of the molecule is O=C(NCc1ccc(C(=O)N2CCCC2)cc1)c1nn(-c2ccccc2)c2c1CCC2. The van der Waals surface area contributed by atoms with Gasteiger partial charge in [0.2, 0.25) is 0 Å². The molecule has 0 radical (unpaired) electrons. The fourth-order valence-electron chi connectivity index (χ4n) is 4.54. The maximum atomic E-state index is 12.9. The molecule has 3 aromatic rings. The molecule has 1 fully saturated rings. The number of carbonyl (C=O) groups is 2. The van der Waals surface area contributed by atoms with Gasteiger partial charge in [-0.3, -0.25) is 9.59 Å². The minimum atomic E-state index is -0.148. The smallest absolute Gasteiger partial charge is 0.272 e. The van der Waals surface area contributed by atoms with Gasteiger partial charge in [-0.25, -0.2) is 4.68 Å². The third-order valence-corrected chi connectivity index (χ3v) is 6.19. The predicted octanol–water partition coefficient (Wildman–Crippen LogP) is 3.53. The van der Waals surface area contributed by atoms with E-state index in [9.17, 15) is 9.59 Å². The van der Waals surface area contributed by atoms with E-state index in [1.165, 1.54) is 0 Å². The first-order valence-electron chi connectivity index (χ1n) is 11.0. The van der Waals surface area contributed by atoms with Crippen LogP contribution in [0.25, 0.3) is 5.69 Å². The summed E-state index contributed by atoms with van der Waals surface area (Å²) in [6.45, 7) is 2.09. The zero-order valence-electron chi connectivity index (χ0n) is 17.5. The number of amides is 2. The van der Waals surface area contributed by atoms with Gasteiger partial charge in [0, 0.05) is 36.5 Å². The van der Waals surface area contributed by atoms with Gasteiger partial charge in [-0.15, -0.1) is 0 Å². The molecule has 0 unspecified atom stereocenters. The van der Waals surface area contributed by atoms with Crippen molar-refractivity contribution >= 4 is 11.8 Å². The molecular weight excluding hydrogens is 388 g/mol. The number of nitrogens with zero attached hydrogens (tertiary/aromatic N) is 3. The minimum Gasteiger partial charge on any atom is -0.347 e. The van der Waals surface area contributed by atoms with Crippen LogP contribution < -0.4 is 5.32 Å². The van der Waals surface area contributed by atoms with Crippen molar-refractivity contribution in [1.82, 2.24) is 20.0 Å². The summed E-state index contributed by atoms with van der Waals surface area (Å²) in [7, 11) is 0. The van der Waals surface area contributed by atoms with E-state index in [0.29, 0.717) is 17.8 Å².